The first-order valence-corrected chi connectivity index (χ1v) is 7.45. The van der Waals surface area contributed by atoms with Crippen molar-refractivity contribution < 1.29 is 8.42 Å². The van der Waals surface area contributed by atoms with E-state index >= 15 is 0 Å². The summed E-state index contributed by atoms with van der Waals surface area (Å²) < 4.78 is 27.9. The van der Waals surface area contributed by atoms with E-state index in [9.17, 15) is 8.42 Å². The summed E-state index contributed by atoms with van der Waals surface area (Å²) in [5.41, 5.74) is 0.728. The minimum atomic E-state index is -3.50. The van der Waals surface area contributed by atoms with E-state index in [1.165, 1.54) is 0 Å². The van der Waals surface area contributed by atoms with Crippen LogP contribution in [0.25, 0.3) is 0 Å². The molecule has 0 bridgehead atoms. The van der Waals surface area contributed by atoms with Crippen LogP contribution >= 0.6 is 0 Å². The molecule has 1 fully saturated rings. The highest BCUT2D eigenvalue weighted by molar-refractivity contribution is 7.90. The zero-order valence-corrected chi connectivity index (χ0v) is 10.9. The Kier molecular flexibility index (Phi) is 2.64. The van der Waals surface area contributed by atoms with Crippen LogP contribution < -0.4 is 5.32 Å². The summed E-state index contributed by atoms with van der Waals surface area (Å²) in [5.74, 6) is 0.597. The monoisotopic (exact) mass is 265 g/mol. The molecular formula is C12H15N3O2S. The van der Waals surface area contributed by atoms with Crippen molar-refractivity contribution in [2.75, 3.05) is 19.6 Å². The Bertz CT molecular complexity index is 610. The maximum absolute atomic E-state index is 12.0. The van der Waals surface area contributed by atoms with Crippen LogP contribution in [-0.2, 0) is 10.0 Å². The van der Waals surface area contributed by atoms with Gasteiger partial charge in [0, 0.05) is 31.2 Å². The van der Waals surface area contributed by atoms with Crippen LogP contribution in [-0.4, -0.2) is 44.8 Å². The van der Waals surface area contributed by atoms with E-state index in [0.717, 1.165) is 25.2 Å². The first-order valence-electron chi connectivity index (χ1n) is 6.01. The molecule has 96 valence electrons. The summed E-state index contributed by atoms with van der Waals surface area (Å²) >= 11 is 0. The molecule has 1 aromatic rings. The summed E-state index contributed by atoms with van der Waals surface area (Å²) in [6.45, 7) is 4.55. The van der Waals surface area contributed by atoms with Crippen molar-refractivity contribution >= 4 is 15.9 Å². The van der Waals surface area contributed by atoms with Gasteiger partial charge in [0.2, 0.25) is 0 Å². The molecule has 0 radical (unpaired) electrons. The van der Waals surface area contributed by atoms with Crippen LogP contribution in [0.2, 0.25) is 0 Å². The molecule has 0 aliphatic carbocycles. The summed E-state index contributed by atoms with van der Waals surface area (Å²) in [6, 6.07) is 7.28. The van der Waals surface area contributed by atoms with Crippen LogP contribution in [0, 0.1) is 0 Å². The Hall–Kier alpha value is -1.40. The molecule has 1 N–H and O–H groups in total. The summed E-state index contributed by atoms with van der Waals surface area (Å²) in [5, 5.41) is 3.29. The van der Waals surface area contributed by atoms with Crippen molar-refractivity contribution in [1.82, 2.24) is 10.2 Å². The van der Waals surface area contributed by atoms with Gasteiger partial charge in [-0.1, -0.05) is 12.1 Å². The van der Waals surface area contributed by atoms with Gasteiger partial charge in [0.1, 0.15) is 4.90 Å². The highest BCUT2D eigenvalue weighted by Gasteiger charge is 2.33. The van der Waals surface area contributed by atoms with Crippen molar-refractivity contribution in [3.05, 3.63) is 29.8 Å². The maximum Gasteiger partial charge on any atom is 0.285 e. The molecule has 3 rings (SSSR count). The third-order valence-corrected chi connectivity index (χ3v) is 4.71. The quantitative estimate of drug-likeness (QED) is 0.739. The Morgan fingerprint density at radius 3 is 2.94 bits per heavy atom. The van der Waals surface area contributed by atoms with Crippen molar-refractivity contribution in [2.24, 2.45) is 4.40 Å². The van der Waals surface area contributed by atoms with Gasteiger partial charge >= 0.3 is 0 Å². The number of piperazine rings is 1. The lowest BCUT2D eigenvalue weighted by Crippen LogP contribution is -2.52. The molecule has 0 aromatic heterocycles. The summed E-state index contributed by atoms with van der Waals surface area (Å²) in [6.07, 6.45) is 0. The van der Waals surface area contributed by atoms with Gasteiger partial charge in [-0.15, -0.1) is 4.40 Å². The average molecular weight is 265 g/mol. The predicted molar refractivity (Wildman–Crippen MR) is 69.2 cm³/mol. The number of fused-ring (bicyclic) bond motifs is 1. The van der Waals surface area contributed by atoms with E-state index in [4.69, 9.17) is 0 Å². The van der Waals surface area contributed by atoms with Crippen molar-refractivity contribution in [3.8, 4) is 0 Å². The lowest BCUT2D eigenvalue weighted by Gasteiger charge is -2.35. The molecule has 0 spiro atoms. The smallest absolute Gasteiger partial charge is 0.285 e. The Morgan fingerprint density at radius 2 is 2.17 bits per heavy atom. The SMILES string of the molecule is C[C@H]1CNCCN1C1=NS(=O)(=O)c2ccccc21. The molecule has 0 unspecified atom stereocenters. The van der Waals surface area contributed by atoms with E-state index in [-0.39, 0.29) is 6.04 Å². The van der Waals surface area contributed by atoms with Gasteiger partial charge in [-0.2, -0.15) is 8.42 Å². The number of hydrogen-bond acceptors (Lipinski definition) is 4. The van der Waals surface area contributed by atoms with Gasteiger partial charge in [-0.3, -0.25) is 0 Å². The van der Waals surface area contributed by atoms with E-state index in [1.807, 2.05) is 12.1 Å². The Morgan fingerprint density at radius 1 is 1.39 bits per heavy atom. The van der Waals surface area contributed by atoms with Crippen molar-refractivity contribution in [3.63, 3.8) is 0 Å². The Labute approximate surface area is 107 Å². The molecule has 1 saturated heterocycles. The number of nitrogens with zero attached hydrogens (tertiary/aromatic N) is 2. The van der Waals surface area contributed by atoms with Gasteiger partial charge < -0.3 is 10.2 Å². The molecule has 6 heteroatoms. The highest BCUT2D eigenvalue weighted by Crippen LogP contribution is 2.28. The number of rotatable bonds is 0. The first-order chi connectivity index (χ1) is 8.59. The molecule has 1 aromatic carbocycles. The van der Waals surface area contributed by atoms with Gasteiger partial charge in [0.15, 0.2) is 5.84 Å². The molecular weight excluding hydrogens is 250 g/mol. The normalized spacial score (nSPS) is 25.7. The maximum atomic E-state index is 12.0. The zero-order valence-electron chi connectivity index (χ0n) is 10.1. The number of hydrogen-bond donors (Lipinski definition) is 1. The number of benzene rings is 1. The van der Waals surface area contributed by atoms with E-state index in [1.54, 1.807) is 12.1 Å². The molecule has 1 atom stereocenters. The summed E-state index contributed by atoms with van der Waals surface area (Å²) in [7, 11) is -3.50. The zero-order chi connectivity index (χ0) is 12.8. The molecule has 0 amide bonds. The predicted octanol–water partition coefficient (Wildman–Crippen LogP) is 0.429. The number of nitrogens with one attached hydrogen (secondary N) is 1. The third kappa shape index (κ3) is 1.72. The van der Waals surface area contributed by atoms with Gasteiger partial charge in [-0.05, 0) is 19.1 Å². The van der Waals surface area contributed by atoms with Crippen molar-refractivity contribution in [2.45, 2.75) is 17.9 Å². The highest BCUT2D eigenvalue weighted by atomic mass is 32.2. The Balaban J connectivity index is 2.09. The first kappa shape index (κ1) is 11.7. The fourth-order valence-corrected chi connectivity index (χ4v) is 3.67. The fraction of sp³-hybridized carbons (Fsp3) is 0.417. The molecule has 18 heavy (non-hydrogen) atoms. The second-order valence-electron chi connectivity index (χ2n) is 4.63. The van der Waals surface area contributed by atoms with Gasteiger partial charge in [0.05, 0.1) is 0 Å². The largest absolute Gasteiger partial charge is 0.350 e. The van der Waals surface area contributed by atoms with Crippen LogP contribution in [0.5, 0.6) is 0 Å². The lowest BCUT2D eigenvalue weighted by molar-refractivity contribution is 0.275. The van der Waals surface area contributed by atoms with Crippen LogP contribution in [0.1, 0.15) is 12.5 Å². The number of sulfonamides is 1. The molecule has 2 aliphatic heterocycles. The van der Waals surface area contributed by atoms with E-state index < -0.39 is 10.0 Å². The minimum Gasteiger partial charge on any atom is -0.350 e. The molecule has 0 saturated carbocycles. The third-order valence-electron chi connectivity index (χ3n) is 3.39. The van der Waals surface area contributed by atoms with Gasteiger partial charge in [-0.25, -0.2) is 0 Å². The van der Waals surface area contributed by atoms with Crippen LogP contribution in [0.4, 0.5) is 0 Å². The average Bonchev–Trinajstić information content (AvgIpc) is 2.63. The van der Waals surface area contributed by atoms with Gasteiger partial charge in [0.25, 0.3) is 10.0 Å². The molecule has 2 aliphatic rings. The fourth-order valence-electron chi connectivity index (χ4n) is 2.45. The standard InChI is InChI=1S/C12H15N3O2S/c1-9-8-13-6-7-15(9)12-10-4-2-3-5-11(10)18(16,17)14-12/h2-5,9,13H,6-8H2,1H3/t9-/m0/s1. The van der Waals surface area contributed by atoms with E-state index in [0.29, 0.717) is 10.7 Å². The van der Waals surface area contributed by atoms with E-state index in [2.05, 4.69) is 21.5 Å². The topological polar surface area (TPSA) is 61.8 Å². The van der Waals surface area contributed by atoms with Crippen molar-refractivity contribution in [1.29, 1.82) is 0 Å². The second-order valence-corrected chi connectivity index (χ2v) is 6.21. The number of amidine groups is 1. The van der Waals surface area contributed by atoms with Crippen LogP contribution in [0.3, 0.4) is 0 Å². The molecule has 2 heterocycles. The molecule has 5 nitrogen and oxygen atoms in total. The second kappa shape index (κ2) is 4.07. The minimum absolute atomic E-state index is 0.249. The van der Waals surface area contributed by atoms with Crippen LogP contribution in [0.15, 0.2) is 33.6 Å². The lowest BCUT2D eigenvalue weighted by atomic mass is 10.1. The summed E-state index contributed by atoms with van der Waals surface area (Å²) in [4.78, 5) is 2.39.